The number of carbonyl (C=O) groups is 1. The van der Waals surface area contributed by atoms with Crippen LogP contribution in [0.4, 0.5) is 26.3 Å². The fourth-order valence-electron chi connectivity index (χ4n) is 2.15. The van der Waals surface area contributed by atoms with E-state index >= 15 is 0 Å². The molecule has 0 fully saturated rings. The van der Waals surface area contributed by atoms with Gasteiger partial charge in [-0.05, 0) is 17.7 Å². The molecule has 2 aromatic rings. The smallest absolute Gasteiger partial charge is 0.420 e. The molecule has 0 spiro atoms. The number of carboxylic acid groups (broad SMARTS) is 1. The van der Waals surface area contributed by atoms with E-state index in [-0.39, 0.29) is 12.1 Å². The second-order valence-corrected chi connectivity index (χ2v) is 4.94. The van der Waals surface area contributed by atoms with E-state index in [0.717, 1.165) is 0 Å². The van der Waals surface area contributed by atoms with Gasteiger partial charge in [0.2, 0.25) is 0 Å². The Bertz CT molecular complexity index is 766. The number of aromatic carboxylic acids is 1. The molecule has 2 rings (SSSR count). The maximum atomic E-state index is 13.3. The second-order valence-electron chi connectivity index (χ2n) is 4.94. The van der Waals surface area contributed by atoms with Crippen LogP contribution >= 0.6 is 0 Å². The number of alkyl halides is 6. The summed E-state index contributed by atoms with van der Waals surface area (Å²) in [5.41, 5.74) is -4.65. The second kappa shape index (κ2) is 6.66. The summed E-state index contributed by atoms with van der Waals surface area (Å²) in [6.07, 6.45) is -10.5. The van der Waals surface area contributed by atoms with Gasteiger partial charge in [-0.3, -0.25) is 0 Å². The van der Waals surface area contributed by atoms with Crippen LogP contribution in [0.25, 0.3) is 0 Å². The van der Waals surface area contributed by atoms with E-state index < -0.39 is 47.4 Å². The Morgan fingerprint density at radius 3 is 2.00 bits per heavy atom. The van der Waals surface area contributed by atoms with E-state index in [2.05, 4.69) is 0 Å². The van der Waals surface area contributed by atoms with Crippen LogP contribution in [0.1, 0.15) is 27.0 Å². The van der Waals surface area contributed by atoms with Crippen LogP contribution in [0.15, 0.2) is 42.5 Å². The summed E-state index contributed by atoms with van der Waals surface area (Å²) in [5, 5.41) is 8.90. The Kier molecular flexibility index (Phi) is 4.96. The van der Waals surface area contributed by atoms with Crippen LogP contribution in [0.3, 0.4) is 0 Å². The minimum Gasteiger partial charge on any atom is -0.488 e. The average molecular weight is 364 g/mol. The van der Waals surface area contributed by atoms with Crippen LogP contribution in [-0.2, 0) is 19.0 Å². The first-order valence-electron chi connectivity index (χ1n) is 6.73. The maximum absolute atomic E-state index is 13.3. The zero-order valence-corrected chi connectivity index (χ0v) is 12.3. The van der Waals surface area contributed by atoms with E-state index in [1.165, 1.54) is 24.3 Å². The molecule has 0 unspecified atom stereocenters. The summed E-state index contributed by atoms with van der Waals surface area (Å²) >= 11 is 0. The van der Waals surface area contributed by atoms with Crippen molar-refractivity contribution in [1.29, 1.82) is 0 Å². The molecule has 0 atom stereocenters. The van der Waals surface area contributed by atoms with Crippen molar-refractivity contribution in [2.24, 2.45) is 0 Å². The van der Waals surface area contributed by atoms with E-state index in [1.807, 2.05) is 0 Å². The van der Waals surface area contributed by atoms with Gasteiger partial charge in [-0.1, -0.05) is 30.3 Å². The van der Waals surface area contributed by atoms with Gasteiger partial charge < -0.3 is 9.84 Å². The van der Waals surface area contributed by atoms with Crippen molar-refractivity contribution in [1.82, 2.24) is 0 Å². The lowest BCUT2D eigenvalue weighted by molar-refractivity contribution is -0.146. The Hall–Kier alpha value is -2.71. The highest BCUT2D eigenvalue weighted by molar-refractivity contribution is 5.91. The van der Waals surface area contributed by atoms with Crippen LogP contribution in [0.2, 0.25) is 0 Å². The van der Waals surface area contributed by atoms with Crippen LogP contribution in [-0.4, -0.2) is 11.1 Å². The molecule has 3 nitrogen and oxygen atoms in total. The van der Waals surface area contributed by atoms with Crippen molar-refractivity contribution >= 4 is 5.97 Å². The minimum absolute atomic E-state index is 0.263. The molecule has 0 aliphatic heterocycles. The van der Waals surface area contributed by atoms with Crippen LogP contribution < -0.4 is 4.74 Å². The molecule has 0 saturated heterocycles. The summed E-state index contributed by atoms with van der Waals surface area (Å²) in [7, 11) is 0. The largest absolute Gasteiger partial charge is 0.488 e. The number of rotatable bonds is 4. The number of carboxylic acids is 1. The van der Waals surface area contributed by atoms with Gasteiger partial charge in [0.1, 0.15) is 17.9 Å². The maximum Gasteiger partial charge on any atom is 0.420 e. The van der Waals surface area contributed by atoms with Crippen molar-refractivity contribution < 1.29 is 41.0 Å². The third-order valence-corrected chi connectivity index (χ3v) is 3.20. The normalized spacial score (nSPS) is 12.1. The summed E-state index contributed by atoms with van der Waals surface area (Å²) in [4.78, 5) is 11.0. The van der Waals surface area contributed by atoms with Crippen LogP contribution in [0, 0.1) is 0 Å². The first-order chi connectivity index (χ1) is 11.5. The molecule has 25 heavy (non-hydrogen) atoms. The molecule has 0 amide bonds. The quantitative estimate of drug-likeness (QED) is 0.777. The Morgan fingerprint density at radius 2 is 1.52 bits per heavy atom. The summed E-state index contributed by atoms with van der Waals surface area (Å²) < 4.78 is 83.8. The Balaban J connectivity index is 2.62. The van der Waals surface area contributed by atoms with Gasteiger partial charge in [0.05, 0.1) is 11.1 Å². The Labute approximate surface area is 137 Å². The SMILES string of the molecule is O=C(O)c1ccc(C(F)(F)F)c(OCc2ccccc2)c1C(F)(F)F. The molecule has 0 aliphatic carbocycles. The predicted molar refractivity (Wildman–Crippen MR) is 74.2 cm³/mol. The van der Waals surface area contributed by atoms with Gasteiger partial charge in [-0.15, -0.1) is 0 Å². The van der Waals surface area contributed by atoms with Gasteiger partial charge in [0, 0.05) is 0 Å². The molecule has 9 heteroatoms. The summed E-state index contributed by atoms with van der Waals surface area (Å²) in [6, 6.07) is 8.09. The topological polar surface area (TPSA) is 46.5 Å². The number of ether oxygens (including phenoxy) is 1. The lowest BCUT2D eigenvalue weighted by Gasteiger charge is -2.20. The average Bonchev–Trinajstić information content (AvgIpc) is 2.51. The van der Waals surface area contributed by atoms with Gasteiger partial charge >= 0.3 is 18.3 Å². The molecule has 0 aliphatic rings. The standard InChI is InChI=1S/C16H10F6O3/c17-15(18,19)11-7-6-10(14(23)24)12(16(20,21)22)13(11)25-8-9-4-2-1-3-5-9/h1-7H,8H2,(H,23,24). The highest BCUT2D eigenvalue weighted by Crippen LogP contribution is 2.46. The van der Waals surface area contributed by atoms with Gasteiger partial charge in [-0.25, -0.2) is 4.79 Å². The third-order valence-electron chi connectivity index (χ3n) is 3.20. The lowest BCUT2D eigenvalue weighted by Crippen LogP contribution is -2.19. The molecule has 0 bridgehead atoms. The Morgan fingerprint density at radius 1 is 0.920 bits per heavy atom. The highest BCUT2D eigenvalue weighted by atomic mass is 19.4. The van der Waals surface area contributed by atoms with Gasteiger partial charge in [0.15, 0.2) is 0 Å². The zero-order valence-electron chi connectivity index (χ0n) is 12.3. The molecule has 0 aromatic heterocycles. The predicted octanol–water partition coefficient (Wildman–Crippen LogP) is 5.00. The van der Waals surface area contributed by atoms with E-state index in [9.17, 15) is 31.1 Å². The molecule has 0 radical (unpaired) electrons. The first-order valence-corrected chi connectivity index (χ1v) is 6.73. The van der Waals surface area contributed by atoms with E-state index in [0.29, 0.717) is 5.56 Å². The van der Waals surface area contributed by atoms with E-state index in [1.54, 1.807) is 6.07 Å². The van der Waals surface area contributed by atoms with Crippen molar-refractivity contribution in [2.45, 2.75) is 19.0 Å². The molecular weight excluding hydrogens is 354 g/mol. The summed E-state index contributed by atoms with van der Waals surface area (Å²) in [6.45, 7) is -0.587. The fraction of sp³-hybridized carbons (Fsp3) is 0.188. The first kappa shape index (κ1) is 18.6. The number of hydrogen-bond donors (Lipinski definition) is 1. The molecule has 0 saturated carbocycles. The van der Waals surface area contributed by atoms with E-state index in [4.69, 9.17) is 9.84 Å². The van der Waals surface area contributed by atoms with Crippen molar-refractivity contribution in [3.63, 3.8) is 0 Å². The number of hydrogen-bond acceptors (Lipinski definition) is 2. The summed E-state index contributed by atoms with van der Waals surface area (Å²) in [5.74, 6) is -3.56. The van der Waals surface area contributed by atoms with Crippen molar-refractivity contribution in [3.8, 4) is 5.75 Å². The molecule has 0 heterocycles. The molecule has 134 valence electrons. The highest BCUT2D eigenvalue weighted by Gasteiger charge is 2.45. The molecule has 1 N–H and O–H groups in total. The fourth-order valence-corrected chi connectivity index (χ4v) is 2.15. The zero-order chi connectivity index (χ0) is 18.8. The van der Waals surface area contributed by atoms with Crippen molar-refractivity contribution in [3.05, 3.63) is 64.7 Å². The van der Waals surface area contributed by atoms with Gasteiger partial charge in [0.25, 0.3) is 0 Å². The minimum atomic E-state index is -5.35. The third kappa shape index (κ3) is 4.23. The number of halogens is 6. The molecular formula is C16H10F6O3. The molecule has 2 aromatic carbocycles. The van der Waals surface area contributed by atoms with Gasteiger partial charge in [-0.2, -0.15) is 26.3 Å². The monoisotopic (exact) mass is 364 g/mol. The lowest BCUT2D eigenvalue weighted by atomic mass is 10.0. The van der Waals surface area contributed by atoms with Crippen LogP contribution in [0.5, 0.6) is 5.75 Å². The number of benzene rings is 2. The van der Waals surface area contributed by atoms with Crippen molar-refractivity contribution in [2.75, 3.05) is 0 Å².